The van der Waals surface area contributed by atoms with Crippen LogP contribution in [0.2, 0.25) is 0 Å². The largest absolute Gasteiger partial charge is 0.395 e. The summed E-state index contributed by atoms with van der Waals surface area (Å²) in [6, 6.07) is -0.486. The topological polar surface area (TPSA) is 72.7 Å². The summed E-state index contributed by atoms with van der Waals surface area (Å²) in [5.41, 5.74) is 0. The maximum atomic E-state index is 9.95. The first kappa shape index (κ1) is 25.2. The second-order valence-electron chi connectivity index (χ2n) is 8.21. The lowest BCUT2D eigenvalue weighted by Crippen LogP contribution is -2.37. The predicted molar refractivity (Wildman–Crippen MR) is 117 cm³/mol. The van der Waals surface area contributed by atoms with Crippen molar-refractivity contribution >= 4 is 11.8 Å². The van der Waals surface area contributed by atoms with E-state index in [9.17, 15) is 10.2 Å². The standard InChI is InChI=1S/C22H45NO3S/c1-2-3-4-5-6-7-8-9-10-11-12-13-14-15-16-27-18-20-22(26)21(25)19(17-24)23-20/h19-26H,2-18H2,1H3. The number of rotatable bonds is 18. The summed E-state index contributed by atoms with van der Waals surface area (Å²) in [4.78, 5) is 0. The van der Waals surface area contributed by atoms with Gasteiger partial charge in [0.2, 0.25) is 0 Å². The molecule has 0 aromatic carbocycles. The molecule has 4 N–H and O–H groups in total. The lowest BCUT2D eigenvalue weighted by atomic mass is 10.0. The van der Waals surface area contributed by atoms with E-state index in [2.05, 4.69) is 12.2 Å². The molecule has 4 atom stereocenters. The van der Waals surface area contributed by atoms with Crippen molar-refractivity contribution in [3.63, 3.8) is 0 Å². The van der Waals surface area contributed by atoms with Crippen LogP contribution in [0.4, 0.5) is 0 Å². The lowest BCUT2D eigenvalue weighted by Gasteiger charge is -2.15. The molecule has 0 aromatic rings. The fourth-order valence-electron chi connectivity index (χ4n) is 3.86. The summed E-state index contributed by atoms with van der Waals surface area (Å²) in [5, 5.41) is 32.0. The van der Waals surface area contributed by atoms with E-state index in [-0.39, 0.29) is 18.7 Å². The molecule has 1 fully saturated rings. The Morgan fingerprint density at radius 2 is 1.11 bits per heavy atom. The van der Waals surface area contributed by atoms with Gasteiger partial charge in [-0.1, -0.05) is 90.4 Å². The number of hydrogen-bond acceptors (Lipinski definition) is 5. The molecular weight excluding hydrogens is 358 g/mol. The van der Waals surface area contributed by atoms with Crippen molar-refractivity contribution in [2.45, 2.75) is 121 Å². The molecule has 162 valence electrons. The molecule has 0 saturated carbocycles. The number of hydrogen-bond donors (Lipinski definition) is 4. The van der Waals surface area contributed by atoms with Gasteiger partial charge in [-0.25, -0.2) is 0 Å². The van der Waals surface area contributed by atoms with E-state index in [0.29, 0.717) is 0 Å². The third-order valence-corrected chi connectivity index (χ3v) is 6.91. The molecule has 1 heterocycles. The summed E-state index contributed by atoms with van der Waals surface area (Å²) >= 11 is 1.84. The molecule has 4 unspecified atom stereocenters. The third kappa shape index (κ3) is 11.7. The SMILES string of the molecule is CCCCCCCCCCCCCCCCSCC1NC(CO)C(O)C1O. The van der Waals surface area contributed by atoms with Crippen LogP contribution < -0.4 is 5.32 Å². The van der Waals surface area contributed by atoms with Crippen LogP contribution >= 0.6 is 11.8 Å². The molecule has 0 bridgehead atoms. The Hall–Kier alpha value is 0.190. The van der Waals surface area contributed by atoms with Gasteiger partial charge in [0.15, 0.2) is 0 Å². The first-order chi connectivity index (χ1) is 13.2. The highest BCUT2D eigenvalue weighted by Crippen LogP contribution is 2.19. The Morgan fingerprint density at radius 1 is 0.667 bits per heavy atom. The Labute approximate surface area is 171 Å². The zero-order valence-electron chi connectivity index (χ0n) is 17.6. The minimum absolute atomic E-state index is 0.103. The molecule has 5 heteroatoms. The molecule has 27 heavy (non-hydrogen) atoms. The summed E-state index contributed by atoms with van der Waals surface area (Å²) in [7, 11) is 0. The van der Waals surface area contributed by atoms with E-state index in [1.165, 1.54) is 89.9 Å². The van der Waals surface area contributed by atoms with E-state index in [0.717, 1.165) is 11.5 Å². The van der Waals surface area contributed by atoms with Gasteiger partial charge in [0, 0.05) is 11.8 Å². The average molecular weight is 404 g/mol. The maximum absolute atomic E-state index is 9.95. The molecule has 4 nitrogen and oxygen atoms in total. The minimum atomic E-state index is -0.846. The molecule has 0 radical (unpaired) electrons. The predicted octanol–water partition coefficient (Wildman–Crippen LogP) is 4.26. The Balaban J connectivity index is 1.78. The molecule has 0 spiro atoms. The number of nitrogens with one attached hydrogen (secondary N) is 1. The van der Waals surface area contributed by atoms with Gasteiger partial charge in [-0.15, -0.1) is 0 Å². The van der Waals surface area contributed by atoms with Gasteiger partial charge in [-0.3, -0.25) is 0 Å². The molecule has 1 rings (SSSR count). The number of unbranched alkanes of at least 4 members (excludes halogenated alkanes) is 13. The number of aliphatic hydroxyl groups excluding tert-OH is 3. The normalized spacial score (nSPS) is 25.3. The fourth-order valence-corrected chi connectivity index (χ4v) is 4.99. The summed E-state index contributed by atoms with van der Waals surface area (Å²) < 4.78 is 0. The zero-order valence-corrected chi connectivity index (χ0v) is 18.4. The molecule has 1 aliphatic rings. The first-order valence-electron chi connectivity index (χ1n) is 11.5. The van der Waals surface area contributed by atoms with Crippen molar-refractivity contribution in [1.29, 1.82) is 0 Å². The lowest BCUT2D eigenvalue weighted by molar-refractivity contribution is 0.0219. The second kappa shape index (κ2) is 17.1. The second-order valence-corrected chi connectivity index (χ2v) is 9.36. The summed E-state index contributed by atoms with van der Waals surface area (Å²) in [6.45, 7) is 2.15. The van der Waals surface area contributed by atoms with Gasteiger partial charge in [-0.05, 0) is 12.2 Å². The van der Waals surface area contributed by atoms with Crippen LogP contribution in [-0.4, -0.2) is 57.7 Å². The number of thioether (sulfide) groups is 1. The van der Waals surface area contributed by atoms with Crippen molar-refractivity contribution in [3.8, 4) is 0 Å². The molecule has 0 aliphatic carbocycles. The Bertz CT molecular complexity index is 333. The molecule has 1 saturated heterocycles. The van der Waals surface area contributed by atoms with Crippen molar-refractivity contribution in [3.05, 3.63) is 0 Å². The van der Waals surface area contributed by atoms with Crippen LogP contribution in [0.1, 0.15) is 96.8 Å². The highest BCUT2D eigenvalue weighted by molar-refractivity contribution is 7.99. The smallest absolute Gasteiger partial charge is 0.0989 e. The molecule has 0 amide bonds. The first-order valence-corrected chi connectivity index (χ1v) is 12.7. The van der Waals surface area contributed by atoms with Crippen molar-refractivity contribution in [2.75, 3.05) is 18.1 Å². The van der Waals surface area contributed by atoms with Gasteiger partial charge in [0.05, 0.1) is 24.9 Å². The minimum Gasteiger partial charge on any atom is -0.395 e. The van der Waals surface area contributed by atoms with Crippen molar-refractivity contribution in [1.82, 2.24) is 5.32 Å². The van der Waals surface area contributed by atoms with Gasteiger partial charge in [0.25, 0.3) is 0 Å². The van der Waals surface area contributed by atoms with E-state index in [4.69, 9.17) is 5.11 Å². The van der Waals surface area contributed by atoms with Crippen LogP contribution in [0, 0.1) is 0 Å². The van der Waals surface area contributed by atoms with Crippen molar-refractivity contribution in [2.24, 2.45) is 0 Å². The highest BCUT2D eigenvalue weighted by Gasteiger charge is 2.40. The van der Waals surface area contributed by atoms with Crippen LogP contribution in [0.15, 0.2) is 0 Å². The van der Waals surface area contributed by atoms with E-state index < -0.39 is 12.2 Å². The molecule has 1 aliphatic heterocycles. The monoisotopic (exact) mass is 403 g/mol. The molecule has 0 aromatic heterocycles. The van der Waals surface area contributed by atoms with E-state index in [1.807, 2.05) is 11.8 Å². The van der Waals surface area contributed by atoms with E-state index >= 15 is 0 Å². The van der Waals surface area contributed by atoms with Crippen molar-refractivity contribution < 1.29 is 15.3 Å². The van der Waals surface area contributed by atoms with Gasteiger partial charge in [0.1, 0.15) is 0 Å². The van der Waals surface area contributed by atoms with Gasteiger partial charge in [-0.2, -0.15) is 11.8 Å². The van der Waals surface area contributed by atoms with Gasteiger partial charge >= 0.3 is 0 Å². The van der Waals surface area contributed by atoms with E-state index in [1.54, 1.807) is 0 Å². The highest BCUT2D eigenvalue weighted by atomic mass is 32.2. The van der Waals surface area contributed by atoms with Gasteiger partial charge < -0.3 is 20.6 Å². The Morgan fingerprint density at radius 3 is 1.56 bits per heavy atom. The Kier molecular flexibility index (Phi) is 16.0. The zero-order chi connectivity index (χ0) is 19.7. The quantitative estimate of drug-likeness (QED) is 0.257. The van der Waals surface area contributed by atoms with Crippen LogP contribution in [0.25, 0.3) is 0 Å². The third-order valence-electron chi connectivity index (χ3n) is 5.74. The molecular formula is C22H45NO3S. The number of aliphatic hydroxyl groups is 3. The summed E-state index contributed by atoms with van der Waals surface area (Å²) in [5.74, 6) is 1.91. The van der Waals surface area contributed by atoms with Crippen LogP contribution in [-0.2, 0) is 0 Å². The van der Waals surface area contributed by atoms with Crippen LogP contribution in [0.5, 0.6) is 0 Å². The van der Waals surface area contributed by atoms with Crippen LogP contribution in [0.3, 0.4) is 0 Å². The summed E-state index contributed by atoms with van der Waals surface area (Å²) in [6.07, 6.45) is 17.8. The fraction of sp³-hybridized carbons (Fsp3) is 1.00. The maximum Gasteiger partial charge on any atom is 0.0989 e. The average Bonchev–Trinajstić information content (AvgIpc) is 2.95.